The minimum Gasteiger partial charge on any atom is -0.368 e. The van der Waals surface area contributed by atoms with Crippen LogP contribution in [0.5, 0.6) is 0 Å². The smallest absolute Gasteiger partial charge is 0.318 e. The van der Waals surface area contributed by atoms with Gasteiger partial charge < -0.3 is 20.4 Å². The number of aromatic nitrogens is 2. The van der Waals surface area contributed by atoms with Crippen molar-refractivity contribution in [1.29, 1.82) is 0 Å². The van der Waals surface area contributed by atoms with E-state index in [4.69, 9.17) is 23.2 Å². The lowest BCUT2D eigenvalue weighted by atomic mass is 10.2. The molecule has 2 heterocycles. The molecule has 0 bridgehead atoms. The zero-order valence-corrected chi connectivity index (χ0v) is 17.2. The molecule has 3 rings (SSSR count). The van der Waals surface area contributed by atoms with Crippen LogP contribution in [0.4, 0.5) is 16.2 Å². The van der Waals surface area contributed by atoms with Crippen molar-refractivity contribution < 1.29 is 9.59 Å². The molecule has 2 aromatic rings. The van der Waals surface area contributed by atoms with Crippen molar-refractivity contribution in [3.63, 3.8) is 0 Å². The predicted molar refractivity (Wildman–Crippen MR) is 110 cm³/mol. The van der Waals surface area contributed by atoms with Crippen molar-refractivity contribution in [2.24, 2.45) is 7.05 Å². The zero-order chi connectivity index (χ0) is 20.3. The lowest BCUT2D eigenvalue weighted by molar-refractivity contribution is -0.117. The Hall–Kier alpha value is -2.45. The lowest BCUT2D eigenvalue weighted by Gasteiger charge is -2.36. The maximum atomic E-state index is 12.5. The fourth-order valence-corrected chi connectivity index (χ4v) is 3.22. The first-order valence-electron chi connectivity index (χ1n) is 8.88. The molecule has 1 aromatic heterocycles. The van der Waals surface area contributed by atoms with Crippen LogP contribution in [0.2, 0.25) is 10.0 Å². The summed E-state index contributed by atoms with van der Waals surface area (Å²) in [6.07, 6.45) is 3.24. The van der Waals surface area contributed by atoms with Crippen molar-refractivity contribution in [3.8, 4) is 0 Å². The summed E-state index contributed by atoms with van der Waals surface area (Å²) in [4.78, 5) is 28.5. The summed E-state index contributed by atoms with van der Waals surface area (Å²) < 4.78 is 1.59. The SMILES string of the molecule is CC(NC(=O)N1CCN(c2ccc(Cl)c(Cl)c2)CC1)C(=O)Nc1cnn(C)c1. The van der Waals surface area contributed by atoms with Crippen LogP contribution in [0, 0.1) is 0 Å². The van der Waals surface area contributed by atoms with Crippen LogP contribution in [0.3, 0.4) is 0 Å². The highest BCUT2D eigenvalue weighted by molar-refractivity contribution is 6.42. The van der Waals surface area contributed by atoms with Gasteiger partial charge in [0.05, 0.1) is 21.9 Å². The van der Waals surface area contributed by atoms with Gasteiger partial charge in [-0.3, -0.25) is 9.48 Å². The number of amides is 3. The van der Waals surface area contributed by atoms with E-state index in [1.807, 2.05) is 12.1 Å². The van der Waals surface area contributed by atoms with Crippen LogP contribution in [0.25, 0.3) is 0 Å². The van der Waals surface area contributed by atoms with Crippen LogP contribution in [-0.2, 0) is 11.8 Å². The Labute approximate surface area is 173 Å². The van der Waals surface area contributed by atoms with Gasteiger partial charge in [0.15, 0.2) is 0 Å². The number of piperazine rings is 1. The Bertz CT molecular complexity index is 864. The van der Waals surface area contributed by atoms with Crippen molar-refractivity contribution in [2.45, 2.75) is 13.0 Å². The van der Waals surface area contributed by atoms with Gasteiger partial charge in [0.1, 0.15) is 6.04 Å². The maximum Gasteiger partial charge on any atom is 0.318 e. The summed E-state index contributed by atoms with van der Waals surface area (Å²) in [7, 11) is 1.76. The second kappa shape index (κ2) is 8.70. The van der Waals surface area contributed by atoms with E-state index in [2.05, 4.69) is 20.6 Å². The van der Waals surface area contributed by atoms with Crippen molar-refractivity contribution in [1.82, 2.24) is 20.0 Å². The van der Waals surface area contributed by atoms with Crippen LogP contribution in [-0.4, -0.2) is 58.8 Å². The highest BCUT2D eigenvalue weighted by atomic mass is 35.5. The fraction of sp³-hybridized carbons (Fsp3) is 0.389. The summed E-state index contributed by atoms with van der Waals surface area (Å²) in [6, 6.07) is 4.57. The molecule has 1 aromatic carbocycles. The first kappa shape index (κ1) is 20.3. The van der Waals surface area contributed by atoms with Gasteiger partial charge in [0, 0.05) is 45.1 Å². The van der Waals surface area contributed by atoms with E-state index in [0.29, 0.717) is 41.9 Å². The molecule has 1 fully saturated rings. The first-order chi connectivity index (χ1) is 13.3. The molecule has 8 nitrogen and oxygen atoms in total. The van der Waals surface area contributed by atoms with Gasteiger partial charge in [-0.2, -0.15) is 5.10 Å². The molecular formula is C18H22Cl2N6O2. The van der Waals surface area contributed by atoms with Crippen molar-refractivity contribution in [3.05, 3.63) is 40.6 Å². The van der Waals surface area contributed by atoms with E-state index >= 15 is 0 Å². The standard InChI is InChI=1S/C18H22Cl2N6O2/c1-12(17(27)23-13-10-21-24(2)11-13)22-18(28)26-7-5-25(6-8-26)14-3-4-15(19)16(20)9-14/h3-4,9-12H,5-8H2,1-2H3,(H,22,28)(H,23,27). The minimum absolute atomic E-state index is 0.261. The van der Waals surface area contributed by atoms with Gasteiger partial charge in [-0.15, -0.1) is 0 Å². The quantitative estimate of drug-likeness (QED) is 0.789. The molecule has 1 saturated heterocycles. The summed E-state index contributed by atoms with van der Waals surface area (Å²) in [6.45, 7) is 4.07. The number of carbonyl (C=O) groups excluding carboxylic acids is 2. The van der Waals surface area contributed by atoms with Gasteiger partial charge >= 0.3 is 6.03 Å². The fourth-order valence-electron chi connectivity index (χ4n) is 2.93. The van der Waals surface area contributed by atoms with Crippen molar-refractivity contribution in [2.75, 3.05) is 36.4 Å². The molecule has 2 N–H and O–H groups in total. The number of benzene rings is 1. The molecule has 1 aliphatic rings. The van der Waals surface area contributed by atoms with E-state index in [1.165, 1.54) is 0 Å². The third-order valence-corrected chi connectivity index (χ3v) is 5.28. The molecule has 3 amide bonds. The van der Waals surface area contributed by atoms with E-state index < -0.39 is 6.04 Å². The maximum absolute atomic E-state index is 12.5. The number of rotatable bonds is 4. The number of urea groups is 1. The highest BCUT2D eigenvalue weighted by Crippen LogP contribution is 2.27. The number of halogens is 2. The number of aryl methyl sites for hydroxylation is 1. The molecule has 1 aliphatic heterocycles. The molecule has 0 aliphatic carbocycles. The van der Waals surface area contributed by atoms with Crippen LogP contribution in [0.15, 0.2) is 30.6 Å². The van der Waals surface area contributed by atoms with E-state index in [1.54, 1.807) is 42.0 Å². The van der Waals surface area contributed by atoms with Gasteiger partial charge in [-0.25, -0.2) is 4.79 Å². The van der Waals surface area contributed by atoms with Crippen LogP contribution in [0.1, 0.15) is 6.92 Å². The van der Waals surface area contributed by atoms with E-state index in [9.17, 15) is 9.59 Å². The van der Waals surface area contributed by atoms with Crippen molar-refractivity contribution >= 4 is 46.5 Å². The Morgan fingerprint density at radius 1 is 1.14 bits per heavy atom. The molecule has 10 heteroatoms. The molecule has 28 heavy (non-hydrogen) atoms. The van der Waals surface area contributed by atoms with Crippen LogP contribution < -0.4 is 15.5 Å². The molecule has 150 valence electrons. The van der Waals surface area contributed by atoms with Gasteiger partial charge in [0.25, 0.3) is 0 Å². The number of carbonyl (C=O) groups is 2. The summed E-state index contributed by atoms with van der Waals surface area (Å²) in [5.41, 5.74) is 1.56. The third-order valence-electron chi connectivity index (χ3n) is 4.54. The number of anilines is 2. The van der Waals surface area contributed by atoms with E-state index in [-0.39, 0.29) is 11.9 Å². The average Bonchev–Trinajstić information content (AvgIpc) is 3.08. The van der Waals surface area contributed by atoms with Gasteiger partial charge in [0.2, 0.25) is 5.91 Å². The second-order valence-electron chi connectivity index (χ2n) is 6.64. The number of nitrogens with zero attached hydrogens (tertiary/aromatic N) is 4. The Balaban J connectivity index is 1.49. The average molecular weight is 425 g/mol. The minimum atomic E-state index is -0.666. The van der Waals surface area contributed by atoms with Crippen LogP contribution >= 0.6 is 23.2 Å². The molecule has 0 spiro atoms. The predicted octanol–water partition coefficient (Wildman–Crippen LogP) is 2.59. The molecule has 1 atom stereocenters. The Kier molecular flexibility index (Phi) is 6.31. The number of hydrogen-bond acceptors (Lipinski definition) is 4. The molecule has 1 unspecified atom stereocenters. The zero-order valence-electron chi connectivity index (χ0n) is 15.7. The third kappa shape index (κ3) is 4.88. The lowest BCUT2D eigenvalue weighted by Crippen LogP contribution is -2.54. The Morgan fingerprint density at radius 3 is 2.46 bits per heavy atom. The van der Waals surface area contributed by atoms with Gasteiger partial charge in [-0.05, 0) is 25.1 Å². The summed E-state index contributed by atoms with van der Waals surface area (Å²) >= 11 is 12.0. The summed E-state index contributed by atoms with van der Waals surface area (Å²) in [5.74, 6) is -0.296. The molecule has 0 radical (unpaired) electrons. The molecular weight excluding hydrogens is 403 g/mol. The van der Waals surface area contributed by atoms with Gasteiger partial charge in [-0.1, -0.05) is 23.2 Å². The largest absolute Gasteiger partial charge is 0.368 e. The normalized spacial score (nSPS) is 15.3. The summed E-state index contributed by atoms with van der Waals surface area (Å²) in [5, 5.41) is 10.5. The second-order valence-corrected chi connectivity index (χ2v) is 7.45. The Morgan fingerprint density at radius 2 is 1.86 bits per heavy atom. The molecule has 0 saturated carbocycles. The van der Waals surface area contributed by atoms with E-state index in [0.717, 1.165) is 5.69 Å². The highest BCUT2D eigenvalue weighted by Gasteiger charge is 2.24. The monoisotopic (exact) mass is 424 g/mol. The topological polar surface area (TPSA) is 82.5 Å². The number of nitrogens with one attached hydrogen (secondary N) is 2. The number of hydrogen-bond donors (Lipinski definition) is 2. The first-order valence-corrected chi connectivity index (χ1v) is 9.64.